The molecule has 0 unspecified atom stereocenters. The predicted molar refractivity (Wildman–Crippen MR) is 111 cm³/mol. The molecule has 1 amide bonds. The number of unbranched alkanes of at least 4 members (excludes halogenated alkanes) is 1. The number of rotatable bonds is 8. The minimum Gasteiger partial charge on any atom is -0.423 e. The molecule has 0 aliphatic heterocycles. The van der Waals surface area contributed by atoms with Gasteiger partial charge in [-0.05, 0) is 43.2 Å². The molecule has 0 radical (unpaired) electrons. The Balaban J connectivity index is 2.09. The van der Waals surface area contributed by atoms with Gasteiger partial charge >= 0.3 is 5.97 Å². The first-order valence-corrected chi connectivity index (χ1v) is 9.33. The van der Waals surface area contributed by atoms with Crippen LogP contribution in [0.4, 0.5) is 5.69 Å². The van der Waals surface area contributed by atoms with Gasteiger partial charge < -0.3 is 10.1 Å². The average Bonchev–Trinajstić information content (AvgIpc) is 2.73. The van der Waals surface area contributed by atoms with Gasteiger partial charge in [0, 0.05) is 18.2 Å². The highest BCUT2D eigenvalue weighted by atomic mass is 16.6. The molecule has 0 aliphatic carbocycles. The van der Waals surface area contributed by atoms with E-state index in [1.54, 1.807) is 19.1 Å². The van der Waals surface area contributed by atoms with E-state index in [1.165, 1.54) is 36.4 Å². The number of carbonyl (C=O) groups excluding carboxylic acids is 2. The predicted octanol–water partition coefficient (Wildman–Crippen LogP) is 3.95. The van der Waals surface area contributed by atoms with E-state index in [1.807, 2.05) is 13.0 Å². The third kappa shape index (κ3) is 6.01. The first-order chi connectivity index (χ1) is 14.3. The van der Waals surface area contributed by atoms with Gasteiger partial charge in [-0.1, -0.05) is 31.5 Å². The largest absolute Gasteiger partial charge is 0.423 e. The summed E-state index contributed by atoms with van der Waals surface area (Å²) in [6.45, 7) is 4.08. The van der Waals surface area contributed by atoms with E-state index < -0.39 is 16.8 Å². The summed E-state index contributed by atoms with van der Waals surface area (Å²) in [6.07, 6.45) is 3.20. The van der Waals surface area contributed by atoms with Gasteiger partial charge in [0.2, 0.25) is 0 Å². The van der Waals surface area contributed by atoms with Gasteiger partial charge in [0.05, 0.1) is 10.5 Å². The number of esters is 1. The van der Waals surface area contributed by atoms with E-state index >= 15 is 0 Å². The lowest BCUT2D eigenvalue weighted by molar-refractivity contribution is -0.385. The van der Waals surface area contributed by atoms with Crippen LogP contribution in [0.15, 0.2) is 48.0 Å². The Hall–Kier alpha value is -3.99. The van der Waals surface area contributed by atoms with Crippen molar-refractivity contribution in [2.24, 2.45) is 0 Å². The normalized spacial score (nSPS) is 10.8. The second-order valence-electron chi connectivity index (χ2n) is 6.50. The van der Waals surface area contributed by atoms with Crippen molar-refractivity contribution in [1.29, 1.82) is 5.26 Å². The lowest BCUT2D eigenvalue weighted by Crippen LogP contribution is -2.25. The van der Waals surface area contributed by atoms with Gasteiger partial charge in [-0.15, -0.1) is 0 Å². The maximum Gasteiger partial charge on any atom is 0.343 e. The minimum atomic E-state index is -0.727. The van der Waals surface area contributed by atoms with E-state index in [0.717, 1.165) is 12.8 Å². The smallest absolute Gasteiger partial charge is 0.343 e. The van der Waals surface area contributed by atoms with Crippen LogP contribution < -0.4 is 10.1 Å². The van der Waals surface area contributed by atoms with Crippen LogP contribution in [0.25, 0.3) is 6.08 Å². The number of hydrogen-bond donors (Lipinski definition) is 1. The molecule has 2 rings (SSSR count). The Labute approximate surface area is 173 Å². The number of nitrogens with zero attached hydrogens (tertiary/aromatic N) is 2. The summed E-state index contributed by atoms with van der Waals surface area (Å²) in [7, 11) is 0. The Bertz CT molecular complexity index is 1020. The summed E-state index contributed by atoms with van der Waals surface area (Å²) in [5, 5.41) is 22.9. The molecule has 30 heavy (non-hydrogen) atoms. The van der Waals surface area contributed by atoms with Crippen molar-refractivity contribution in [3.05, 3.63) is 74.8 Å². The van der Waals surface area contributed by atoms with Gasteiger partial charge in [-0.25, -0.2) is 4.79 Å². The quantitative estimate of drug-likeness (QED) is 0.134. The number of carbonyl (C=O) groups is 2. The third-order valence-electron chi connectivity index (χ3n) is 4.22. The second kappa shape index (κ2) is 10.5. The maximum absolute atomic E-state index is 12.3. The third-order valence-corrected chi connectivity index (χ3v) is 4.22. The summed E-state index contributed by atoms with van der Waals surface area (Å²) >= 11 is 0. The number of amides is 1. The zero-order valence-corrected chi connectivity index (χ0v) is 16.7. The molecule has 0 heterocycles. The number of hydrogen-bond acceptors (Lipinski definition) is 6. The molecule has 2 aromatic carbocycles. The Morgan fingerprint density at radius 1 is 1.23 bits per heavy atom. The molecule has 8 heteroatoms. The molecule has 0 aliphatic rings. The van der Waals surface area contributed by atoms with E-state index in [2.05, 4.69) is 5.32 Å². The molecule has 0 spiro atoms. The zero-order chi connectivity index (χ0) is 22.1. The fraction of sp³-hybridized carbons (Fsp3) is 0.227. The fourth-order valence-electron chi connectivity index (χ4n) is 2.52. The number of ether oxygens (including phenoxy) is 1. The molecule has 0 saturated heterocycles. The number of nitro benzene ring substituents is 1. The number of nitriles is 1. The average molecular weight is 407 g/mol. The molecule has 0 aromatic heterocycles. The second-order valence-corrected chi connectivity index (χ2v) is 6.50. The Morgan fingerprint density at radius 2 is 1.93 bits per heavy atom. The molecule has 8 nitrogen and oxygen atoms in total. The highest BCUT2D eigenvalue weighted by molar-refractivity contribution is 6.01. The lowest BCUT2D eigenvalue weighted by Gasteiger charge is -2.06. The first kappa shape index (κ1) is 22.3. The maximum atomic E-state index is 12.3. The van der Waals surface area contributed by atoms with E-state index in [-0.39, 0.29) is 22.6 Å². The number of nitro groups is 1. The van der Waals surface area contributed by atoms with Crippen molar-refractivity contribution in [3.8, 4) is 11.8 Å². The van der Waals surface area contributed by atoms with Gasteiger partial charge in [-0.2, -0.15) is 5.26 Å². The van der Waals surface area contributed by atoms with Crippen LogP contribution in [0.3, 0.4) is 0 Å². The monoisotopic (exact) mass is 407 g/mol. The van der Waals surface area contributed by atoms with Crippen LogP contribution in [0.2, 0.25) is 0 Å². The summed E-state index contributed by atoms with van der Waals surface area (Å²) in [5.74, 6) is -0.942. The van der Waals surface area contributed by atoms with Gasteiger partial charge in [0.25, 0.3) is 11.6 Å². The lowest BCUT2D eigenvalue weighted by atomic mass is 10.1. The minimum absolute atomic E-state index is 0.0252. The Morgan fingerprint density at radius 3 is 2.53 bits per heavy atom. The van der Waals surface area contributed by atoms with Crippen LogP contribution >= 0.6 is 0 Å². The highest BCUT2D eigenvalue weighted by Gasteiger charge is 2.16. The first-order valence-electron chi connectivity index (χ1n) is 9.33. The van der Waals surface area contributed by atoms with Crippen molar-refractivity contribution in [2.45, 2.75) is 26.7 Å². The molecule has 2 aromatic rings. The van der Waals surface area contributed by atoms with Crippen LogP contribution in [0, 0.1) is 28.4 Å². The summed E-state index contributed by atoms with van der Waals surface area (Å²) in [5.41, 5.74) is 0.906. The van der Waals surface area contributed by atoms with Crippen LogP contribution in [-0.2, 0) is 4.79 Å². The fourth-order valence-corrected chi connectivity index (χ4v) is 2.52. The summed E-state index contributed by atoms with van der Waals surface area (Å²) in [4.78, 5) is 34.7. The standard InChI is InChI=1S/C22H21N3O5/c1-3-4-11-24-21(26)18(14-23)12-16-6-9-19(10-7-16)30-22(27)17-8-5-15(2)20(13-17)25(28)29/h5-10,12-13H,3-4,11H2,1-2H3,(H,24,26)/b18-12+. The SMILES string of the molecule is CCCCNC(=O)/C(C#N)=C/c1ccc(OC(=O)c2ccc(C)c([N+](=O)[O-])c2)cc1. The van der Waals surface area contributed by atoms with Crippen molar-refractivity contribution < 1.29 is 19.2 Å². The number of nitrogens with one attached hydrogen (secondary N) is 1. The van der Waals surface area contributed by atoms with E-state index in [0.29, 0.717) is 17.7 Å². The molecule has 0 fully saturated rings. The van der Waals surface area contributed by atoms with Crippen LogP contribution in [0.5, 0.6) is 5.75 Å². The molecule has 0 bridgehead atoms. The number of benzene rings is 2. The Kier molecular flexibility index (Phi) is 7.82. The van der Waals surface area contributed by atoms with Crippen molar-refractivity contribution in [3.63, 3.8) is 0 Å². The van der Waals surface area contributed by atoms with E-state index in [9.17, 15) is 25.0 Å². The van der Waals surface area contributed by atoms with Crippen LogP contribution in [-0.4, -0.2) is 23.3 Å². The molecule has 0 saturated carbocycles. The van der Waals surface area contributed by atoms with Crippen LogP contribution in [0.1, 0.15) is 41.3 Å². The topological polar surface area (TPSA) is 122 Å². The van der Waals surface area contributed by atoms with Gasteiger partial charge in [0.15, 0.2) is 0 Å². The summed E-state index contributed by atoms with van der Waals surface area (Å²) in [6, 6.07) is 12.2. The van der Waals surface area contributed by atoms with E-state index in [4.69, 9.17) is 4.74 Å². The van der Waals surface area contributed by atoms with Crippen molar-refractivity contribution in [2.75, 3.05) is 6.54 Å². The zero-order valence-electron chi connectivity index (χ0n) is 16.7. The molecule has 0 atom stereocenters. The molecular weight excluding hydrogens is 386 g/mol. The highest BCUT2D eigenvalue weighted by Crippen LogP contribution is 2.21. The van der Waals surface area contributed by atoms with Crippen molar-refractivity contribution >= 4 is 23.6 Å². The van der Waals surface area contributed by atoms with Gasteiger partial charge in [0.1, 0.15) is 17.4 Å². The number of aryl methyl sites for hydroxylation is 1. The van der Waals surface area contributed by atoms with Crippen molar-refractivity contribution in [1.82, 2.24) is 5.32 Å². The molecular formula is C22H21N3O5. The van der Waals surface area contributed by atoms with Gasteiger partial charge in [-0.3, -0.25) is 14.9 Å². The molecule has 154 valence electrons. The summed E-state index contributed by atoms with van der Waals surface area (Å²) < 4.78 is 5.25. The molecule has 1 N–H and O–H groups in total.